The molecule has 0 fully saturated rings. The second-order valence-electron chi connectivity index (χ2n) is 8.98. The van der Waals surface area contributed by atoms with Crippen molar-refractivity contribution >= 4 is 65.8 Å². The van der Waals surface area contributed by atoms with Crippen molar-refractivity contribution < 1.29 is 44.5 Å². The second kappa shape index (κ2) is 15.7. The Labute approximate surface area is 264 Å². The average molecular weight is 681 g/mol. The zero-order valence-corrected chi connectivity index (χ0v) is 27.2. The summed E-state index contributed by atoms with van der Waals surface area (Å²) in [6.07, 6.45) is 0. The van der Waals surface area contributed by atoms with Crippen molar-refractivity contribution in [3.8, 4) is 0 Å². The van der Waals surface area contributed by atoms with Crippen molar-refractivity contribution in [1.29, 1.82) is 0 Å². The van der Waals surface area contributed by atoms with Gasteiger partial charge in [0.1, 0.15) is 11.5 Å². The number of methoxy groups -OCH3 is 2. The number of nitrogens with zero attached hydrogens (tertiary/aromatic N) is 2. The predicted octanol–water partition coefficient (Wildman–Crippen LogP) is 4.55. The van der Waals surface area contributed by atoms with Crippen LogP contribution in [0.15, 0.2) is 92.9 Å². The first-order valence-electron chi connectivity index (χ1n) is 12.5. The van der Waals surface area contributed by atoms with Gasteiger partial charge in [-0.2, -0.15) is 16.8 Å². The maximum Gasteiger partial charge on any atom is 0.367 e. The Hall–Kier alpha value is -3.86. The van der Waals surface area contributed by atoms with E-state index in [-0.39, 0.29) is 21.2 Å². The molecule has 0 aliphatic rings. The van der Waals surface area contributed by atoms with Crippen LogP contribution in [-0.4, -0.2) is 53.1 Å². The van der Waals surface area contributed by atoms with Gasteiger partial charge in [0, 0.05) is 9.79 Å². The van der Waals surface area contributed by atoms with E-state index in [2.05, 4.69) is 19.8 Å². The normalized spacial score (nSPS) is 12.4. The summed E-state index contributed by atoms with van der Waals surface area (Å²) < 4.78 is 68.9. The molecule has 0 heterocycles. The molecule has 0 amide bonds. The van der Waals surface area contributed by atoms with E-state index < -0.39 is 43.7 Å². The lowest BCUT2D eigenvalue weighted by Crippen LogP contribution is -2.15. The third-order valence-electron chi connectivity index (χ3n) is 5.37. The Kier molecular flexibility index (Phi) is 12.4. The maximum absolute atomic E-state index is 12.5. The molecule has 0 atom stereocenters. The zero-order chi connectivity index (χ0) is 32.3. The molecule has 0 radical (unpaired) electrons. The average Bonchev–Trinajstić information content (AvgIpc) is 2.99. The van der Waals surface area contributed by atoms with Crippen LogP contribution in [0.4, 0.5) is 0 Å². The quantitative estimate of drug-likeness (QED) is 0.0966. The number of thioether (sulfide) groups is 2. The Morgan fingerprint density at radius 3 is 1.20 bits per heavy atom. The van der Waals surface area contributed by atoms with Crippen LogP contribution >= 0.6 is 23.5 Å². The Morgan fingerprint density at radius 2 is 0.909 bits per heavy atom. The molecular weight excluding hydrogens is 653 g/mol. The molecule has 0 spiro atoms. The number of ether oxygens (including phenoxy) is 2. The van der Waals surface area contributed by atoms with Crippen LogP contribution in [0, 0.1) is 13.8 Å². The topological polar surface area (TPSA) is 164 Å². The van der Waals surface area contributed by atoms with Crippen LogP contribution in [0.5, 0.6) is 0 Å². The zero-order valence-electron chi connectivity index (χ0n) is 24.0. The summed E-state index contributed by atoms with van der Waals surface area (Å²) in [7, 11) is -6.32. The van der Waals surface area contributed by atoms with E-state index in [1.807, 2.05) is 38.1 Å². The van der Waals surface area contributed by atoms with E-state index in [0.29, 0.717) is 9.79 Å². The Bertz CT molecular complexity index is 1610. The van der Waals surface area contributed by atoms with E-state index in [1.165, 1.54) is 24.3 Å². The highest BCUT2D eigenvalue weighted by Crippen LogP contribution is 2.23. The lowest BCUT2D eigenvalue weighted by Gasteiger charge is -2.07. The molecule has 0 aliphatic carbocycles. The highest BCUT2D eigenvalue weighted by atomic mass is 32.2. The molecule has 0 aliphatic heterocycles. The van der Waals surface area contributed by atoms with Crippen molar-refractivity contribution in [2.24, 2.45) is 10.3 Å². The van der Waals surface area contributed by atoms with Crippen molar-refractivity contribution in [3.63, 3.8) is 0 Å². The second-order valence-corrected chi connectivity index (χ2v) is 14.2. The van der Waals surface area contributed by atoms with Crippen molar-refractivity contribution in [3.05, 3.63) is 95.1 Å². The van der Waals surface area contributed by atoms with Gasteiger partial charge in [-0.05, 0) is 49.2 Å². The molecule has 0 saturated carbocycles. The van der Waals surface area contributed by atoms with Gasteiger partial charge in [-0.15, -0.1) is 0 Å². The van der Waals surface area contributed by atoms with Gasteiger partial charge in [0.05, 0.1) is 14.2 Å². The van der Waals surface area contributed by atoms with Gasteiger partial charge in [-0.3, -0.25) is 8.57 Å². The van der Waals surface area contributed by atoms with Crippen LogP contribution in [0.3, 0.4) is 0 Å². The highest BCUT2D eigenvalue weighted by molar-refractivity contribution is 8.16. The summed E-state index contributed by atoms with van der Waals surface area (Å²) in [5.41, 5.74) is 2.51. The van der Waals surface area contributed by atoms with Crippen LogP contribution in [0.1, 0.15) is 22.3 Å². The first kappa shape index (κ1) is 34.6. The number of rotatable bonds is 10. The van der Waals surface area contributed by atoms with E-state index in [4.69, 9.17) is 8.57 Å². The molecule has 3 aromatic rings. The Morgan fingerprint density at radius 1 is 0.591 bits per heavy atom. The van der Waals surface area contributed by atoms with Gasteiger partial charge < -0.3 is 9.47 Å². The number of hydrogen-bond donors (Lipinski definition) is 0. The number of oxime groups is 2. The predicted molar refractivity (Wildman–Crippen MR) is 167 cm³/mol. The van der Waals surface area contributed by atoms with E-state index in [1.54, 1.807) is 24.3 Å². The molecule has 16 heteroatoms. The molecule has 0 unspecified atom stereocenters. The summed E-state index contributed by atoms with van der Waals surface area (Å²) in [5.74, 6) is -3.00. The summed E-state index contributed by atoms with van der Waals surface area (Å²) >= 11 is 1.75. The molecule has 234 valence electrons. The minimum absolute atomic E-state index is 0.258. The van der Waals surface area contributed by atoms with Gasteiger partial charge in [0.25, 0.3) is 0 Å². The number of aryl methyl sites for hydroxylation is 2. The fourth-order valence-electron chi connectivity index (χ4n) is 3.18. The Balaban J connectivity index is 1.64. The van der Waals surface area contributed by atoms with Gasteiger partial charge in [0.15, 0.2) is 0 Å². The monoisotopic (exact) mass is 680 g/mol. The number of carbonyl (C=O) groups excluding carboxylic acids is 2. The molecule has 3 rings (SSSR count). The molecule has 12 nitrogen and oxygen atoms in total. The third kappa shape index (κ3) is 11.3. The number of benzene rings is 3. The lowest BCUT2D eigenvalue weighted by molar-refractivity contribution is -0.133. The standard InChI is InChI=1S/C28H28N2O10S4/c1-19-5-13-23(14-6-19)41-25(27(31)37-3)29-39-43(33,34)17-21-9-11-22(12-10-21)18-44(35,36)40-30-26(28(32)38-4)42-24-15-7-20(2)8-16-24/h5-16H,17-18H2,1-4H3/b29-25-,30-26-. The largest absolute Gasteiger partial charge is 0.464 e. The molecular formula is C28H28N2O10S4. The molecule has 3 aromatic carbocycles. The molecule has 44 heavy (non-hydrogen) atoms. The SMILES string of the molecule is COC(=O)/C(=N/OS(=O)(=O)Cc1ccc(CS(=O)(=O)O/N=C(\Sc2ccc(C)cc2)C(=O)OC)cc1)Sc1ccc(C)cc1. The van der Waals surface area contributed by atoms with Crippen molar-refractivity contribution in [2.75, 3.05) is 14.2 Å². The fraction of sp³-hybridized carbons (Fsp3) is 0.214. The van der Waals surface area contributed by atoms with Crippen LogP contribution in [0.2, 0.25) is 0 Å². The molecule has 0 saturated heterocycles. The summed E-state index contributed by atoms with van der Waals surface area (Å²) in [5, 5.41) is 6.36. The third-order valence-corrected chi connectivity index (χ3v) is 9.23. The van der Waals surface area contributed by atoms with Crippen molar-refractivity contribution in [1.82, 2.24) is 0 Å². The summed E-state index contributed by atoms with van der Waals surface area (Å²) in [6, 6.07) is 19.7. The van der Waals surface area contributed by atoms with E-state index in [0.717, 1.165) is 48.9 Å². The van der Waals surface area contributed by atoms with Crippen LogP contribution in [-0.2, 0) is 59.4 Å². The first-order chi connectivity index (χ1) is 20.8. The summed E-state index contributed by atoms with van der Waals surface area (Å²) in [6.45, 7) is 3.78. The molecule has 0 bridgehead atoms. The molecule has 0 N–H and O–H groups in total. The van der Waals surface area contributed by atoms with Crippen LogP contribution in [0.25, 0.3) is 0 Å². The van der Waals surface area contributed by atoms with Gasteiger partial charge in [-0.25, -0.2) is 9.59 Å². The number of esters is 2. The van der Waals surface area contributed by atoms with Gasteiger partial charge >= 0.3 is 32.2 Å². The van der Waals surface area contributed by atoms with E-state index in [9.17, 15) is 26.4 Å². The lowest BCUT2D eigenvalue weighted by atomic mass is 10.2. The molecule has 0 aromatic heterocycles. The first-order valence-corrected chi connectivity index (χ1v) is 17.3. The minimum Gasteiger partial charge on any atom is -0.464 e. The summed E-state index contributed by atoms with van der Waals surface area (Å²) in [4.78, 5) is 25.4. The van der Waals surface area contributed by atoms with Gasteiger partial charge in [-0.1, -0.05) is 93.5 Å². The van der Waals surface area contributed by atoms with Crippen molar-refractivity contribution in [2.45, 2.75) is 35.1 Å². The fourth-order valence-corrected chi connectivity index (χ4v) is 6.43. The van der Waals surface area contributed by atoms with Crippen LogP contribution < -0.4 is 0 Å². The highest BCUT2D eigenvalue weighted by Gasteiger charge is 2.21. The maximum atomic E-state index is 12.5. The van der Waals surface area contributed by atoms with E-state index >= 15 is 0 Å². The number of carbonyl (C=O) groups is 2. The smallest absolute Gasteiger partial charge is 0.367 e. The van der Waals surface area contributed by atoms with Gasteiger partial charge in [0.2, 0.25) is 10.1 Å². The number of hydrogen-bond acceptors (Lipinski definition) is 14. The minimum atomic E-state index is -4.29.